The van der Waals surface area contributed by atoms with Crippen LogP contribution in [0.5, 0.6) is 0 Å². The summed E-state index contributed by atoms with van der Waals surface area (Å²) in [5, 5.41) is 15.4. The van der Waals surface area contributed by atoms with Gasteiger partial charge in [-0.05, 0) is 38.7 Å². The van der Waals surface area contributed by atoms with Crippen LogP contribution in [0.15, 0.2) is 22.1 Å². The Morgan fingerprint density at radius 1 is 1.26 bits per heavy atom. The van der Waals surface area contributed by atoms with Gasteiger partial charge in [0.1, 0.15) is 11.8 Å². The van der Waals surface area contributed by atoms with E-state index >= 15 is 0 Å². The van der Waals surface area contributed by atoms with Crippen LogP contribution in [0, 0.1) is 16.0 Å². The lowest BCUT2D eigenvalue weighted by atomic mass is 9.82. The molecule has 1 saturated heterocycles. The number of nitrogens with zero attached hydrogens (tertiary/aromatic N) is 5. The van der Waals surface area contributed by atoms with Crippen molar-refractivity contribution in [1.82, 2.24) is 9.88 Å². The van der Waals surface area contributed by atoms with Crippen molar-refractivity contribution < 1.29 is 22.9 Å². The number of nitro benzene ring substituents is 1. The van der Waals surface area contributed by atoms with Crippen LogP contribution in [0.4, 0.5) is 24.0 Å². The molecule has 34 heavy (non-hydrogen) atoms. The molecular formula is C21H24F3N5O4S. The van der Waals surface area contributed by atoms with Crippen molar-refractivity contribution in [2.75, 3.05) is 31.6 Å². The molecule has 2 heterocycles. The molecule has 1 aliphatic carbocycles. The number of hydrogen-bond donors (Lipinski definition) is 0. The van der Waals surface area contributed by atoms with Gasteiger partial charge in [-0.3, -0.25) is 19.8 Å². The van der Waals surface area contributed by atoms with Gasteiger partial charge in [0.05, 0.1) is 21.6 Å². The molecule has 13 heteroatoms. The van der Waals surface area contributed by atoms with Gasteiger partial charge < -0.3 is 9.74 Å². The predicted molar refractivity (Wildman–Crippen MR) is 123 cm³/mol. The van der Waals surface area contributed by atoms with Gasteiger partial charge in [0, 0.05) is 37.8 Å². The van der Waals surface area contributed by atoms with E-state index < -0.39 is 33.3 Å². The number of oxime groups is 1. The molecule has 1 aliphatic heterocycles. The summed E-state index contributed by atoms with van der Waals surface area (Å²) in [4.78, 5) is 36.4. The molecule has 0 spiro atoms. The fourth-order valence-electron chi connectivity index (χ4n) is 4.69. The number of hydrogen-bond acceptors (Lipinski definition) is 9. The Balaban J connectivity index is 1.59. The summed E-state index contributed by atoms with van der Waals surface area (Å²) in [7, 11) is 1.53. The summed E-state index contributed by atoms with van der Waals surface area (Å²) in [6.45, 7) is 6.10. The highest BCUT2D eigenvalue weighted by Crippen LogP contribution is 2.39. The maximum Gasteiger partial charge on any atom is 0.416 e. The van der Waals surface area contributed by atoms with Gasteiger partial charge in [-0.15, -0.1) is 0 Å². The van der Waals surface area contributed by atoms with Gasteiger partial charge in [0.15, 0.2) is 5.13 Å². The molecule has 0 bridgehead atoms. The van der Waals surface area contributed by atoms with Crippen LogP contribution in [0.25, 0.3) is 10.1 Å². The van der Waals surface area contributed by atoms with Gasteiger partial charge in [-0.25, -0.2) is 0 Å². The van der Waals surface area contributed by atoms with Crippen LogP contribution in [-0.4, -0.2) is 59.3 Å². The Kier molecular flexibility index (Phi) is 6.51. The van der Waals surface area contributed by atoms with Gasteiger partial charge in [-0.1, -0.05) is 16.5 Å². The van der Waals surface area contributed by atoms with Crippen molar-refractivity contribution in [2.45, 2.75) is 44.9 Å². The normalized spacial score (nSPS) is 23.6. The number of alkyl halides is 3. The van der Waals surface area contributed by atoms with E-state index in [-0.39, 0.29) is 21.9 Å². The van der Waals surface area contributed by atoms with E-state index in [0.29, 0.717) is 31.1 Å². The number of nitro groups is 1. The van der Waals surface area contributed by atoms with Crippen molar-refractivity contribution in [1.29, 1.82) is 0 Å². The minimum absolute atomic E-state index is 0.102. The first-order valence-electron chi connectivity index (χ1n) is 10.8. The lowest BCUT2D eigenvalue weighted by molar-refractivity contribution is -0.383. The minimum atomic E-state index is -4.81. The number of non-ortho nitro benzene ring substituents is 1. The number of fused-ring (bicyclic) bond motifs is 1. The maximum atomic E-state index is 13.2. The molecule has 1 saturated carbocycles. The molecule has 0 amide bonds. The summed E-state index contributed by atoms with van der Waals surface area (Å²) < 4.78 is 39.5. The first-order valence-corrected chi connectivity index (χ1v) is 11.6. The van der Waals surface area contributed by atoms with Crippen LogP contribution in [-0.2, 0) is 11.0 Å². The van der Waals surface area contributed by atoms with Crippen LogP contribution in [0.1, 0.15) is 32.3 Å². The van der Waals surface area contributed by atoms with Crippen molar-refractivity contribution in [2.24, 2.45) is 11.1 Å². The average molecular weight is 500 g/mol. The Labute approximate surface area is 197 Å². The van der Waals surface area contributed by atoms with E-state index in [9.17, 15) is 28.1 Å². The second-order valence-corrected chi connectivity index (χ2v) is 9.82. The highest BCUT2D eigenvalue weighted by Gasteiger charge is 2.37. The van der Waals surface area contributed by atoms with E-state index in [1.807, 2.05) is 4.90 Å². The predicted octanol–water partition coefficient (Wildman–Crippen LogP) is 3.89. The number of benzene rings is 1. The van der Waals surface area contributed by atoms with Gasteiger partial charge in [0.2, 0.25) is 0 Å². The summed E-state index contributed by atoms with van der Waals surface area (Å²) in [6.07, 6.45) is -3.03. The third kappa shape index (κ3) is 4.71. The molecule has 2 unspecified atom stereocenters. The number of halogens is 3. The first kappa shape index (κ1) is 24.3. The molecule has 1 aromatic carbocycles. The summed E-state index contributed by atoms with van der Waals surface area (Å²) in [5.74, 6) is 0.491. The number of aromatic nitrogens is 1. The fraction of sp³-hybridized carbons (Fsp3) is 0.571. The van der Waals surface area contributed by atoms with E-state index in [1.54, 1.807) is 0 Å². The quantitative estimate of drug-likeness (QED) is 0.454. The zero-order valence-electron chi connectivity index (χ0n) is 18.8. The third-order valence-corrected chi connectivity index (χ3v) is 7.49. The standard InChI is InChI=1S/C21H24F3N5O4S/c1-11-8-27(9-12(2)28(11)10-13-4-15(5-13)26-33-3)20-25-19(30)16-6-14(21(22,23)24)7-17(29(31)32)18(16)34-20/h6-7,11-13H,4-5,8-10H2,1-3H3. The lowest BCUT2D eigenvalue weighted by Crippen LogP contribution is -2.58. The van der Waals surface area contributed by atoms with Crippen LogP contribution >= 0.6 is 11.3 Å². The summed E-state index contributed by atoms with van der Waals surface area (Å²) in [6, 6.07) is 1.36. The molecule has 0 N–H and O–H groups in total. The van der Waals surface area contributed by atoms with Crippen molar-refractivity contribution in [3.8, 4) is 0 Å². The maximum absolute atomic E-state index is 13.2. The molecule has 2 fully saturated rings. The second kappa shape index (κ2) is 9.10. The number of piperazine rings is 1. The molecule has 184 valence electrons. The molecule has 9 nitrogen and oxygen atoms in total. The molecule has 2 aliphatic rings. The fourth-order valence-corrected chi connectivity index (χ4v) is 5.77. The van der Waals surface area contributed by atoms with Crippen LogP contribution in [0.2, 0.25) is 0 Å². The zero-order valence-corrected chi connectivity index (χ0v) is 19.6. The topological polar surface area (TPSA) is 101 Å². The lowest BCUT2D eigenvalue weighted by Gasteiger charge is -2.47. The van der Waals surface area contributed by atoms with Crippen molar-refractivity contribution in [3.05, 3.63) is 38.2 Å². The third-order valence-electron chi connectivity index (χ3n) is 6.32. The van der Waals surface area contributed by atoms with Crippen LogP contribution in [0.3, 0.4) is 0 Å². The zero-order chi connectivity index (χ0) is 24.8. The Hall–Kier alpha value is -2.80. The van der Waals surface area contributed by atoms with E-state index in [1.165, 1.54) is 7.11 Å². The van der Waals surface area contributed by atoms with Gasteiger partial charge >= 0.3 is 6.18 Å². The average Bonchev–Trinajstić information content (AvgIpc) is 2.72. The monoisotopic (exact) mass is 499 g/mol. The molecule has 0 radical (unpaired) electrons. The van der Waals surface area contributed by atoms with Gasteiger partial charge in [0.25, 0.3) is 11.2 Å². The SMILES string of the molecule is CON=C1CC(CN2C(C)CN(c3nc(=O)c4cc(C(F)(F)F)cc([N+](=O)[O-])c4s3)CC2C)C1. The van der Waals surface area contributed by atoms with Crippen molar-refractivity contribution in [3.63, 3.8) is 0 Å². The smallest absolute Gasteiger partial charge is 0.399 e. The van der Waals surface area contributed by atoms with Crippen LogP contribution < -0.4 is 10.5 Å². The minimum Gasteiger partial charge on any atom is -0.399 e. The molecule has 4 rings (SSSR count). The number of anilines is 1. The molecule has 1 aromatic heterocycles. The highest BCUT2D eigenvalue weighted by atomic mass is 32.1. The molecule has 2 aromatic rings. The van der Waals surface area contributed by atoms with E-state index in [0.717, 1.165) is 36.4 Å². The summed E-state index contributed by atoms with van der Waals surface area (Å²) >= 11 is 0.880. The molecular weight excluding hydrogens is 475 g/mol. The van der Waals surface area contributed by atoms with E-state index in [2.05, 4.69) is 28.9 Å². The Morgan fingerprint density at radius 3 is 2.47 bits per heavy atom. The Bertz CT molecular complexity index is 1180. The molecule has 2 atom stereocenters. The van der Waals surface area contributed by atoms with Crippen molar-refractivity contribution >= 4 is 38.0 Å². The van der Waals surface area contributed by atoms with Gasteiger partial charge in [-0.2, -0.15) is 18.2 Å². The first-order chi connectivity index (χ1) is 16.0. The summed E-state index contributed by atoms with van der Waals surface area (Å²) in [5.41, 5.74) is -1.84. The highest BCUT2D eigenvalue weighted by molar-refractivity contribution is 7.22. The largest absolute Gasteiger partial charge is 0.416 e. The number of rotatable bonds is 5. The second-order valence-electron chi connectivity index (χ2n) is 8.84. The van der Waals surface area contributed by atoms with E-state index in [4.69, 9.17) is 4.84 Å². The Morgan fingerprint density at radius 2 is 1.91 bits per heavy atom.